The van der Waals surface area contributed by atoms with Crippen molar-refractivity contribution in [2.24, 2.45) is 0 Å². The molecule has 32 heavy (non-hydrogen) atoms. The second-order valence-electron chi connectivity index (χ2n) is 7.61. The zero-order chi connectivity index (χ0) is 23.5. The molecule has 8 nitrogen and oxygen atoms in total. The molecule has 0 aliphatic carbocycles. The van der Waals surface area contributed by atoms with Crippen LogP contribution in [-0.2, 0) is 19.6 Å². The van der Waals surface area contributed by atoms with Crippen molar-refractivity contribution in [1.29, 1.82) is 0 Å². The number of rotatable bonds is 6. The average molecular weight is 480 g/mol. The summed E-state index contributed by atoms with van der Waals surface area (Å²) in [5.41, 5.74) is 1.62. The molecule has 0 radical (unpaired) electrons. The quantitative estimate of drug-likeness (QED) is 0.687. The van der Waals surface area contributed by atoms with Gasteiger partial charge in [0.15, 0.2) is 0 Å². The first kappa shape index (κ1) is 24.0. The van der Waals surface area contributed by atoms with E-state index in [0.717, 1.165) is 10.6 Å². The predicted molar refractivity (Wildman–Crippen MR) is 125 cm³/mol. The first-order chi connectivity index (χ1) is 15.1. The molecular formula is C22H26ClN3O5S. The third-order valence-corrected chi connectivity index (χ3v) is 6.67. The Bertz CT molecular complexity index is 1120. The predicted octanol–water partition coefficient (Wildman–Crippen LogP) is 2.91. The molecular weight excluding hydrogens is 454 g/mol. The fourth-order valence-corrected chi connectivity index (χ4v) is 4.94. The van der Waals surface area contributed by atoms with E-state index in [1.807, 2.05) is 0 Å². The number of nitrogens with zero attached hydrogens (tertiary/aromatic N) is 2. The van der Waals surface area contributed by atoms with Crippen molar-refractivity contribution < 1.29 is 22.7 Å². The number of sulfonamides is 1. The summed E-state index contributed by atoms with van der Waals surface area (Å²) in [6.45, 7) is 5.08. The van der Waals surface area contributed by atoms with Crippen molar-refractivity contribution in [3.63, 3.8) is 0 Å². The van der Waals surface area contributed by atoms with Crippen LogP contribution in [0.15, 0.2) is 42.5 Å². The zero-order valence-corrected chi connectivity index (χ0v) is 19.7. The van der Waals surface area contributed by atoms with Crippen LogP contribution < -0.4 is 9.62 Å². The van der Waals surface area contributed by atoms with Gasteiger partial charge in [0.1, 0.15) is 6.04 Å². The average Bonchev–Trinajstić information content (AvgIpc) is 2.75. The largest absolute Gasteiger partial charge is 0.378 e. The van der Waals surface area contributed by atoms with E-state index < -0.39 is 22.0 Å². The van der Waals surface area contributed by atoms with E-state index in [0.29, 0.717) is 53.8 Å². The first-order valence-corrected chi connectivity index (χ1v) is 12.3. The number of morpholine rings is 1. The molecule has 3 rings (SSSR count). The molecule has 10 heteroatoms. The van der Waals surface area contributed by atoms with Gasteiger partial charge >= 0.3 is 0 Å². The van der Waals surface area contributed by atoms with Gasteiger partial charge in [-0.15, -0.1) is 0 Å². The van der Waals surface area contributed by atoms with Crippen LogP contribution in [0.5, 0.6) is 0 Å². The van der Waals surface area contributed by atoms with E-state index in [9.17, 15) is 18.0 Å². The first-order valence-electron chi connectivity index (χ1n) is 10.1. The van der Waals surface area contributed by atoms with Gasteiger partial charge in [0.05, 0.1) is 36.4 Å². The summed E-state index contributed by atoms with van der Waals surface area (Å²) < 4.78 is 31.5. The van der Waals surface area contributed by atoms with Gasteiger partial charge in [0, 0.05) is 18.1 Å². The van der Waals surface area contributed by atoms with E-state index in [2.05, 4.69) is 5.32 Å². The van der Waals surface area contributed by atoms with Gasteiger partial charge in [-0.25, -0.2) is 8.42 Å². The maximum atomic E-state index is 13.1. The lowest BCUT2D eigenvalue weighted by atomic mass is 10.1. The molecule has 2 amide bonds. The van der Waals surface area contributed by atoms with Crippen LogP contribution in [-0.4, -0.2) is 63.7 Å². The SMILES string of the molecule is Cc1ccc(Cl)cc1N(C(C)C(=O)Nc1ccccc1C(=O)N1CCOCC1)S(C)(=O)=O. The smallest absolute Gasteiger partial charge is 0.256 e. The third kappa shape index (κ3) is 5.40. The normalized spacial score (nSPS) is 15.2. The summed E-state index contributed by atoms with van der Waals surface area (Å²) in [6, 6.07) is 10.4. The van der Waals surface area contributed by atoms with E-state index >= 15 is 0 Å². The molecule has 2 aromatic carbocycles. The molecule has 0 saturated carbocycles. The summed E-state index contributed by atoms with van der Waals surface area (Å²) in [6.07, 6.45) is 1.03. The van der Waals surface area contributed by atoms with E-state index in [-0.39, 0.29) is 5.91 Å². The molecule has 1 fully saturated rings. The number of ether oxygens (including phenoxy) is 1. The Morgan fingerprint density at radius 2 is 1.81 bits per heavy atom. The number of carbonyl (C=O) groups is 2. The van der Waals surface area contributed by atoms with Gasteiger partial charge in [-0.3, -0.25) is 13.9 Å². The van der Waals surface area contributed by atoms with Crippen molar-refractivity contribution in [2.75, 3.05) is 42.2 Å². The van der Waals surface area contributed by atoms with Crippen LogP contribution in [0.25, 0.3) is 0 Å². The summed E-state index contributed by atoms with van der Waals surface area (Å²) in [7, 11) is -3.81. The Balaban J connectivity index is 1.89. The Morgan fingerprint density at radius 1 is 1.16 bits per heavy atom. The number of amides is 2. The second-order valence-corrected chi connectivity index (χ2v) is 9.90. The van der Waals surface area contributed by atoms with Crippen LogP contribution >= 0.6 is 11.6 Å². The monoisotopic (exact) mass is 479 g/mol. The molecule has 1 heterocycles. The maximum absolute atomic E-state index is 13.1. The highest BCUT2D eigenvalue weighted by atomic mass is 35.5. The minimum atomic E-state index is -3.81. The minimum Gasteiger partial charge on any atom is -0.378 e. The Kier molecular flexibility index (Phi) is 7.43. The molecule has 172 valence electrons. The molecule has 1 aliphatic heterocycles. The van der Waals surface area contributed by atoms with Crippen LogP contribution in [0.4, 0.5) is 11.4 Å². The maximum Gasteiger partial charge on any atom is 0.256 e. The molecule has 0 aromatic heterocycles. The minimum absolute atomic E-state index is 0.220. The van der Waals surface area contributed by atoms with Gasteiger partial charge in [0.25, 0.3) is 5.91 Å². The van der Waals surface area contributed by atoms with Crippen LogP contribution in [0.1, 0.15) is 22.8 Å². The highest BCUT2D eigenvalue weighted by Crippen LogP contribution is 2.29. The molecule has 0 bridgehead atoms. The number of hydrogen-bond acceptors (Lipinski definition) is 5. The van der Waals surface area contributed by atoms with Crippen LogP contribution in [0.3, 0.4) is 0 Å². The lowest BCUT2D eigenvalue weighted by molar-refractivity contribution is -0.116. The number of para-hydroxylation sites is 1. The van der Waals surface area contributed by atoms with Gasteiger partial charge in [-0.2, -0.15) is 0 Å². The molecule has 1 atom stereocenters. The van der Waals surface area contributed by atoms with E-state index in [1.165, 1.54) is 13.0 Å². The van der Waals surface area contributed by atoms with Crippen molar-refractivity contribution >= 4 is 44.8 Å². The number of aryl methyl sites for hydroxylation is 1. The summed E-state index contributed by atoms with van der Waals surface area (Å²) in [5, 5.41) is 3.08. The van der Waals surface area contributed by atoms with Crippen LogP contribution in [0.2, 0.25) is 5.02 Å². The molecule has 1 N–H and O–H groups in total. The molecule has 1 aliphatic rings. The number of benzene rings is 2. The van der Waals surface area contributed by atoms with Crippen molar-refractivity contribution in [3.05, 3.63) is 58.6 Å². The van der Waals surface area contributed by atoms with Gasteiger partial charge < -0.3 is 15.0 Å². The fourth-order valence-electron chi connectivity index (χ4n) is 3.55. The Morgan fingerprint density at radius 3 is 2.47 bits per heavy atom. The fraction of sp³-hybridized carbons (Fsp3) is 0.364. The third-order valence-electron chi connectivity index (χ3n) is 5.21. The highest BCUT2D eigenvalue weighted by Gasteiger charge is 2.31. The standard InChI is InChI=1S/C22H26ClN3O5S/c1-15-8-9-17(23)14-20(15)26(32(3,29)30)16(2)21(27)24-19-7-5-4-6-18(19)22(28)25-10-12-31-13-11-25/h4-9,14,16H,10-13H2,1-3H3,(H,24,27). The van der Waals surface area contributed by atoms with Gasteiger partial charge in [-0.05, 0) is 43.7 Å². The van der Waals surface area contributed by atoms with E-state index in [1.54, 1.807) is 48.2 Å². The Hall–Kier alpha value is -2.62. The molecule has 2 aromatic rings. The highest BCUT2D eigenvalue weighted by molar-refractivity contribution is 7.92. The van der Waals surface area contributed by atoms with Crippen molar-refractivity contribution in [1.82, 2.24) is 4.90 Å². The van der Waals surface area contributed by atoms with Gasteiger partial charge in [0.2, 0.25) is 15.9 Å². The van der Waals surface area contributed by atoms with E-state index in [4.69, 9.17) is 16.3 Å². The number of nitrogens with one attached hydrogen (secondary N) is 1. The second kappa shape index (κ2) is 9.89. The summed E-state index contributed by atoms with van der Waals surface area (Å²) in [5.74, 6) is -0.792. The van der Waals surface area contributed by atoms with Crippen molar-refractivity contribution in [3.8, 4) is 0 Å². The number of carbonyl (C=O) groups excluding carboxylic acids is 2. The molecule has 0 spiro atoms. The lowest BCUT2D eigenvalue weighted by Crippen LogP contribution is -2.46. The summed E-state index contributed by atoms with van der Waals surface area (Å²) >= 11 is 6.08. The topological polar surface area (TPSA) is 96.0 Å². The van der Waals surface area contributed by atoms with Crippen LogP contribution in [0, 0.1) is 6.92 Å². The Labute approximate surface area is 193 Å². The number of halogens is 1. The number of hydrogen-bond donors (Lipinski definition) is 1. The zero-order valence-electron chi connectivity index (χ0n) is 18.2. The molecule has 1 unspecified atom stereocenters. The number of anilines is 2. The van der Waals surface area contributed by atoms with Gasteiger partial charge in [-0.1, -0.05) is 29.8 Å². The summed E-state index contributed by atoms with van der Waals surface area (Å²) in [4.78, 5) is 27.8. The lowest BCUT2D eigenvalue weighted by Gasteiger charge is -2.30. The molecule has 1 saturated heterocycles. The van der Waals surface area contributed by atoms with Crippen molar-refractivity contribution in [2.45, 2.75) is 19.9 Å².